The van der Waals surface area contributed by atoms with Gasteiger partial charge in [0, 0.05) is 12.5 Å². The second-order valence-corrected chi connectivity index (χ2v) is 7.05. The number of nitrogens with one attached hydrogen (secondary N) is 1. The molecular weight excluding hydrogens is 272 g/mol. The molecule has 3 aliphatic rings. The van der Waals surface area contributed by atoms with Crippen LogP contribution in [0.4, 0.5) is 0 Å². The molecule has 116 valence electrons. The molecular formula is C16H29ClN2O. The summed E-state index contributed by atoms with van der Waals surface area (Å²) in [6, 6.07) is 0. The standard InChI is InChI=1S/C16H28N2O.ClH/c17-10-14-2-1-3-15(14)16(19)18-7-6-13-9-11-4-5-12(13)8-11;/h11-15H,1-10,17H2,(H,18,19);1H/t11?,12?,13?,14-,15-;/m1./s1. The maximum Gasteiger partial charge on any atom is 0.223 e. The lowest BCUT2D eigenvalue weighted by atomic mass is 9.86. The van der Waals surface area contributed by atoms with Gasteiger partial charge in [0.2, 0.25) is 5.91 Å². The van der Waals surface area contributed by atoms with Gasteiger partial charge in [-0.3, -0.25) is 4.79 Å². The first-order chi connectivity index (χ1) is 9.28. The van der Waals surface area contributed by atoms with Crippen LogP contribution in [-0.4, -0.2) is 19.0 Å². The zero-order valence-corrected chi connectivity index (χ0v) is 13.2. The minimum absolute atomic E-state index is 0. The highest BCUT2D eigenvalue weighted by Crippen LogP contribution is 2.49. The molecule has 0 spiro atoms. The molecule has 20 heavy (non-hydrogen) atoms. The molecule has 3 aliphatic carbocycles. The Bertz CT molecular complexity index is 336. The van der Waals surface area contributed by atoms with Crippen LogP contribution in [0.25, 0.3) is 0 Å². The van der Waals surface area contributed by atoms with E-state index in [9.17, 15) is 4.79 Å². The third-order valence-corrected chi connectivity index (χ3v) is 6.00. The van der Waals surface area contributed by atoms with Gasteiger partial charge in [0.05, 0.1) is 0 Å². The molecule has 4 heteroatoms. The largest absolute Gasteiger partial charge is 0.356 e. The highest BCUT2D eigenvalue weighted by atomic mass is 35.5. The lowest BCUT2D eigenvalue weighted by Crippen LogP contribution is -2.36. The molecule has 0 aromatic heterocycles. The Morgan fingerprint density at radius 2 is 1.95 bits per heavy atom. The summed E-state index contributed by atoms with van der Waals surface area (Å²) in [5.74, 6) is 3.80. The van der Waals surface area contributed by atoms with Gasteiger partial charge in [-0.15, -0.1) is 12.4 Å². The normalized spacial score (nSPS) is 38.8. The zero-order chi connectivity index (χ0) is 13.2. The molecule has 0 aromatic rings. The van der Waals surface area contributed by atoms with Crippen LogP contribution in [0.2, 0.25) is 0 Å². The third-order valence-electron chi connectivity index (χ3n) is 6.00. The Balaban J connectivity index is 0.00000147. The van der Waals surface area contributed by atoms with Crippen LogP contribution in [0.5, 0.6) is 0 Å². The van der Waals surface area contributed by atoms with Crippen molar-refractivity contribution in [3.63, 3.8) is 0 Å². The van der Waals surface area contributed by atoms with E-state index in [1.807, 2.05) is 0 Å². The first-order valence-electron chi connectivity index (χ1n) is 8.25. The quantitative estimate of drug-likeness (QED) is 0.820. The van der Waals surface area contributed by atoms with Crippen molar-refractivity contribution in [3.05, 3.63) is 0 Å². The molecule has 0 radical (unpaired) electrons. The Hall–Kier alpha value is -0.280. The smallest absolute Gasteiger partial charge is 0.223 e. The summed E-state index contributed by atoms with van der Waals surface area (Å²) in [7, 11) is 0. The number of carbonyl (C=O) groups excluding carboxylic acids is 1. The first kappa shape index (κ1) is 16.1. The molecule has 0 saturated heterocycles. The first-order valence-corrected chi connectivity index (χ1v) is 8.25. The van der Waals surface area contributed by atoms with Crippen molar-refractivity contribution in [3.8, 4) is 0 Å². The van der Waals surface area contributed by atoms with Crippen LogP contribution in [0.1, 0.15) is 51.4 Å². The Labute approximate surface area is 128 Å². The van der Waals surface area contributed by atoms with Crippen LogP contribution in [0.3, 0.4) is 0 Å². The highest BCUT2D eigenvalue weighted by molar-refractivity contribution is 5.85. The van der Waals surface area contributed by atoms with Gasteiger partial charge in [-0.1, -0.05) is 12.8 Å². The molecule has 0 aromatic carbocycles. The highest BCUT2D eigenvalue weighted by Gasteiger charge is 2.39. The Kier molecular flexibility index (Phi) is 5.74. The summed E-state index contributed by atoms with van der Waals surface area (Å²) in [5.41, 5.74) is 5.75. The molecule has 3 saturated carbocycles. The van der Waals surface area contributed by atoms with Crippen molar-refractivity contribution in [2.75, 3.05) is 13.1 Å². The summed E-state index contributed by atoms with van der Waals surface area (Å²) in [6.45, 7) is 1.56. The van der Waals surface area contributed by atoms with Gasteiger partial charge in [-0.2, -0.15) is 0 Å². The van der Waals surface area contributed by atoms with Crippen molar-refractivity contribution in [2.45, 2.75) is 51.4 Å². The minimum Gasteiger partial charge on any atom is -0.356 e. The second-order valence-electron chi connectivity index (χ2n) is 7.05. The van der Waals surface area contributed by atoms with Gasteiger partial charge in [-0.25, -0.2) is 0 Å². The minimum atomic E-state index is 0. The molecule has 3 fully saturated rings. The number of rotatable bonds is 5. The van der Waals surface area contributed by atoms with E-state index in [1.165, 1.54) is 38.5 Å². The van der Waals surface area contributed by atoms with E-state index in [1.54, 1.807) is 0 Å². The topological polar surface area (TPSA) is 55.1 Å². The molecule has 3 nitrogen and oxygen atoms in total. The van der Waals surface area contributed by atoms with E-state index in [0.29, 0.717) is 12.5 Å². The van der Waals surface area contributed by atoms with Crippen LogP contribution >= 0.6 is 12.4 Å². The van der Waals surface area contributed by atoms with Gasteiger partial charge in [0.25, 0.3) is 0 Å². The van der Waals surface area contributed by atoms with E-state index in [4.69, 9.17) is 5.73 Å². The van der Waals surface area contributed by atoms with Gasteiger partial charge in [0.15, 0.2) is 0 Å². The Morgan fingerprint density at radius 1 is 1.10 bits per heavy atom. The summed E-state index contributed by atoms with van der Waals surface area (Å²) < 4.78 is 0. The number of nitrogens with two attached hydrogens (primary N) is 1. The molecule has 3 N–H and O–H groups in total. The summed E-state index contributed by atoms with van der Waals surface area (Å²) in [4.78, 5) is 12.2. The average Bonchev–Trinajstić information content (AvgIpc) is 3.14. The molecule has 0 heterocycles. The molecule has 0 aliphatic heterocycles. The summed E-state index contributed by atoms with van der Waals surface area (Å²) in [5, 5.41) is 3.18. The van der Waals surface area contributed by atoms with Crippen molar-refractivity contribution in [2.24, 2.45) is 35.3 Å². The van der Waals surface area contributed by atoms with Gasteiger partial charge in [-0.05, 0) is 68.7 Å². The van der Waals surface area contributed by atoms with Crippen molar-refractivity contribution >= 4 is 18.3 Å². The van der Waals surface area contributed by atoms with Crippen molar-refractivity contribution in [1.82, 2.24) is 5.32 Å². The van der Waals surface area contributed by atoms with Crippen LogP contribution < -0.4 is 11.1 Å². The fraction of sp³-hybridized carbons (Fsp3) is 0.938. The average molecular weight is 301 g/mol. The van der Waals surface area contributed by atoms with Crippen molar-refractivity contribution < 1.29 is 4.79 Å². The number of amides is 1. The summed E-state index contributed by atoms with van der Waals surface area (Å²) in [6.07, 6.45) is 10.4. The molecule has 5 atom stereocenters. The monoisotopic (exact) mass is 300 g/mol. The Morgan fingerprint density at radius 3 is 2.60 bits per heavy atom. The van der Waals surface area contributed by atoms with Gasteiger partial charge < -0.3 is 11.1 Å². The number of hydrogen-bond donors (Lipinski definition) is 2. The molecule has 3 unspecified atom stereocenters. The van der Waals surface area contributed by atoms with Crippen LogP contribution in [-0.2, 0) is 4.79 Å². The number of carbonyl (C=O) groups is 1. The van der Waals surface area contributed by atoms with Crippen LogP contribution in [0, 0.1) is 29.6 Å². The number of fused-ring (bicyclic) bond motifs is 2. The predicted octanol–water partition coefficient (Wildman–Crippen LogP) is 2.73. The lowest BCUT2D eigenvalue weighted by Gasteiger charge is -2.22. The maximum absolute atomic E-state index is 12.2. The molecule has 2 bridgehead atoms. The third kappa shape index (κ3) is 3.30. The van der Waals surface area contributed by atoms with E-state index < -0.39 is 0 Å². The number of halogens is 1. The van der Waals surface area contributed by atoms with E-state index in [2.05, 4.69) is 5.32 Å². The van der Waals surface area contributed by atoms with Crippen molar-refractivity contribution in [1.29, 1.82) is 0 Å². The van der Waals surface area contributed by atoms with Crippen LogP contribution in [0.15, 0.2) is 0 Å². The molecule has 1 amide bonds. The van der Waals surface area contributed by atoms with E-state index in [0.717, 1.165) is 37.1 Å². The fourth-order valence-corrected chi connectivity index (χ4v) is 4.91. The van der Waals surface area contributed by atoms with E-state index >= 15 is 0 Å². The number of hydrogen-bond acceptors (Lipinski definition) is 2. The molecule has 3 rings (SSSR count). The van der Waals surface area contributed by atoms with Gasteiger partial charge >= 0.3 is 0 Å². The summed E-state index contributed by atoms with van der Waals surface area (Å²) >= 11 is 0. The lowest BCUT2D eigenvalue weighted by molar-refractivity contribution is -0.126. The zero-order valence-electron chi connectivity index (χ0n) is 12.4. The fourth-order valence-electron chi connectivity index (χ4n) is 4.91. The maximum atomic E-state index is 12.2. The van der Waals surface area contributed by atoms with Gasteiger partial charge in [0.1, 0.15) is 0 Å². The SMILES string of the molecule is Cl.NC[C@H]1CCC[C@H]1C(=O)NCCC1CC2CCC1C2. The van der Waals surface area contributed by atoms with E-state index in [-0.39, 0.29) is 24.2 Å². The predicted molar refractivity (Wildman–Crippen MR) is 83.7 cm³/mol. The second kappa shape index (κ2) is 7.13.